The second kappa shape index (κ2) is 6.07. The molecule has 0 fully saturated rings. The Morgan fingerprint density at radius 1 is 1.19 bits per heavy atom. The molecule has 27 heavy (non-hydrogen) atoms. The fourth-order valence-corrected chi connectivity index (χ4v) is 4.21. The lowest BCUT2D eigenvalue weighted by atomic mass is 9.78. The summed E-state index contributed by atoms with van der Waals surface area (Å²) in [7, 11) is 1.70. The summed E-state index contributed by atoms with van der Waals surface area (Å²) in [6.45, 7) is 1.97. The number of nitrogens with one attached hydrogen (secondary N) is 1. The number of hydrogen-bond donors (Lipinski definition) is 1. The topological polar surface area (TPSA) is 73.2 Å². The van der Waals surface area contributed by atoms with Gasteiger partial charge in [-0.2, -0.15) is 5.26 Å². The van der Waals surface area contributed by atoms with Gasteiger partial charge in [-0.3, -0.25) is 9.59 Å². The summed E-state index contributed by atoms with van der Waals surface area (Å²) in [6.07, 6.45) is 0.239. The van der Waals surface area contributed by atoms with Crippen LogP contribution in [0.2, 0.25) is 0 Å². The molecule has 6 heteroatoms. The van der Waals surface area contributed by atoms with Gasteiger partial charge >= 0.3 is 0 Å². The lowest BCUT2D eigenvalue weighted by Gasteiger charge is -2.34. The first-order chi connectivity index (χ1) is 12.9. The number of amides is 2. The molecule has 4 rings (SSSR count). The average Bonchev–Trinajstić information content (AvgIpc) is 2.84. The van der Waals surface area contributed by atoms with Gasteiger partial charge in [-0.15, -0.1) is 0 Å². The lowest BCUT2D eigenvalue weighted by molar-refractivity contribution is -0.129. The summed E-state index contributed by atoms with van der Waals surface area (Å²) in [4.78, 5) is 27.6. The van der Waals surface area contributed by atoms with E-state index in [-0.39, 0.29) is 17.9 Å². The minimum Gasteiger partial charge on any atom is -0.333 e. The molecule has 0 saturated heterocycles. The summed E-state index contributed by atoms with van der Waals surface area (Å²) in [5.74, 6) is -0.720. The Morgan fingerprint density at radius 3 is 2.56 bits per heavy atom. The van der Waals surface area contributed by atoms with Gasteiger partial charge in [0.15, 0.2) is 5.54 Å². The predicted molar refractivity (Wildman–Crippen MR) is 106 cm³/mol. The number of halogens is 1. The van der Waals surface area contributed by atoms with Gasteiger partial charge in [-0.1, -0.05) is 51.8 Å². The number of aryl methyl sites for hydroxylation is 1. The van der Waals surface area contributed by atoms with Crippen LogP contribution in [0.25, 0.3) is 5.57 Å². The van der Waals surface area contributed by atoms with Crippen LogP contribution in [-0.2, 0) is 15.1 Å². The third kappa shape index (κ3) is 2.50. The summed E-state index contributed by atoms with van der Waals surface area (Å²) < 4.78 is 0.854. The summed E-state index contributed by atoms with van der Waals surface area (Å²) in [6, 6.07) is 15.2. The zero-order chi connectivity index (χ0) is 19.3. The standard InChI is InChI=1S/C21H16BrN3O2/c1-12-3-5-13(6-4-12)15-10-21(24-19(26)16(15)11-23)17-8-7-14(22)9-18(17)25(2)20(21)27/h3-9H,10H2,1-2H3,(H,24,26). The molecule has 1 atom stereocenters. The number of carbonyl (C=O) groups excluding carboxylic acids is 2. The molecule has 0 aliphatic carbocycles. The van der Waals surface area contributed by atoms with Gasteiger partial charge in [-0.05, 0) is 30.2 Å². The van der Waals surface area contributed by atoms with E-state index in [0.29, 0.717) is 5.57 Å². The average molecular weight is 422 g/mol. The van der Waals surface area contributed by atoms with Crippen LogP contribution in [0.5, 0.6) is 0 Å². The normalized spacial score (nSPS) is 21.3. The van der Waals surface area contributed by atoms with Crippen LogP contribution in [-0.4, -0.2) is 18.9 Å². The van der Waals surface area contributed by atoms with E-state index < -0.39 is 11.4 Å². The number of hydrogen-bond acceptors (Lipinski definition) is 3. The van der Waals surface area contributed by atoms with Crippen molar-refractivity contribution in [1.29, 1.82) is 5.26 Å². The maximum Gasteiger partial charge on any atom is 0.263 e. The van der Waals surface area contributed by atoms with Crippen LogP contribution in [0, 0.1) is 18.3 Å². The molecule has 1 spiro atoms. The largest absolute Gasteiger partial charge is 0.333 e. The Morgan fingerprint density at radius 2 is 1.89 bits per heavy atom. The van der Waals surface area contributed by atoms with Gasteiger partial charge in [0.05, 0.1) is 5.69 Å². The molecular weight excluding hydrogens is 406 g/mol. The van der Waals surface area contributed by atoms with Gasteiger partial charge in [-0.25, -0.2) is 0 Å². The number of nitrogens with zero attached hydrogens (tertiary/aromatic N) is 2. The predicted octanol–water partition coefficient (Wildman–Crippen LogP) is 3.43. The van der Waals surface area contributed by atoms with E-state index in [2.05, 4.69) is 21.2 Å². The number of anilines is 1. The van der Waals surface area contributed by atoms with E-state index >= 15 is 0 Å². The minimum atomic E-state index is -1.19. The molecule has 1 unspecified atom stereocenters. The number of fused-ring (bicyclic) bond motifs is 2. The van der Waals surface area contributed by atoms with Crippen LogP contribution >= 0.6 is 15.9 Å². The van der Waals surface area contributed by atoms with Crippen LogP contribution < -0.4 is 10.2 Å². The molecule has 0 bridgehead atoms. The Kier molecular flexibility index (Phi) is 3.93. The van der Waals surface area contributed by atoms with Crippen molar-refractivity contribution in [3.63, 3.8) is 0 Å². The van der Waals surface area contributed by atoms with Crippen molar-refractivity contribution in [2.45, 2.75) is 18.9 Å². The molecule has 0 aromatic heterocycles. The molecule has 2 aliphatic heterocycles. The van der Waals surface area contributed by atoms with E-state index in [0.717, 1.165) is 26.9 Å². The SMILES string of the molecule is Cc1ccc(C2=C(C#N)C(=O)NC3(C2)C(=O)N(C)c2cc(Br)ccc23)cc1. The molecule has 5 nitrogen and oxygen atoms in total. The number of carbonyl (C=O) groups is 2. The summed E-state index contributed by atoms with van der Waals surface area (Å²) in [5, 5.41) is 12.4. The van der Waals surface area contributed by atoms with Crippen LogP contribution in [0.3, 0.4) is 0 Å². The van der Waals surface area contributed by atoms with E-state index in [4.69, 9.17) is 0 Å². The smallest absolute Gasteiger partial charge is 0.263 e. The molecule has 2 amide bonds. The highest BCUT2D eigenvalue weighted by atomic mass is 79.9. The van der Waals surface area contributed by atoms with E-state index in [1.807, 2.05) is 55.5 Å². The highest BCUT2D eigenvalue weighted by Gasteiger charge is 2.54. The molecule has 2 aromatic carbocycles. The Balaban J connectivity index is 1.92. The van der Waals surface area contributed by atoms with Crippen molar-refractivity contribution < 1.29 is 9.59 Å². The number of likely N-dealkylation sites (N-methyl/N-ethyl adjacent to an activating group) is 1. The van der Waals surface area contributed by atoms with E-state index in [9.17, 15) is 14.9 Å². The van der Waals surface area contributed by atoms with Gasteiger partial charge in [0.2, 0.25) is 0 Å². The monoisotopic (exact) mass is 421 g/mol. The van der Waals surface area contributed by atoms with Gasteiger partial charge in [0.1, 0.15) is 11.6 Å². The van der Waals surface area contributed by atoms with Gasteiger partial charge in [0, 0.05) is 23.5 Å². The molecule has 0 radical (unpaired) electrons. The van der Waals surface area contributed by atoms with Crippen molar-refractivity contribution in [2.75, 3.05) is 11.9 Å². The molecular formula is C21H16BrN3O2. The van der Waals surface area contributed by atoms with Crippen molar-refractivity contribution in [2.24, 2.45) is 0 Å². The maximum atomic E-state index is 13.2. The van der Waals surface area contributed by atoms with Crippen molar-refractivity contribution >= 4 is 39.0 Å². The molecule has 0 saturated carbocycles. The Bertz CT molecular complexity index is 1070. The molecule has 1 N–H and O–H groups in total. The molecule has 2 aliphatic rings. The van der Waals surface area contributed by atoms with E-state index in [1.54, 1.807) is 11.9 Å². The first kappa shape index (κ1) is 17.5. The van der Waals surface area contributed by atoms with Gasteiger partial charge in [0.25, 0.3) is 11.8 Å². The number of rotatable bonds is 1. The Labute approximate surface area is 165 Å². The van der Waals surface area contributed by atoms with E-state index in [1.165, 1.54) is 0 Å². The van der Waals surface area contributed by atoms with Crippen LogP contribution in [0.4, 0.5) is 5.69 Å². The third-order valence-corrected chi connectivity index (χ3v) is 5.75. The Hall–Kier alpha value is -2.91. The first-order valence-electron chi connectivity index (χ1n) is 8.48. The van der Waals surface area contributed by atoms with Crippen molar-refractivity contribution in [3.8, 4) is 6.07 Å². The highest BCUT2D eigenvalue weighted by molar-refractivity contribution is 9.10. The number of nitriles is 1. The fourth-order valence-electron chi connectivity index (χ4n) is 3.86. The third-order valence-electron chi connectivity index (χ3n) is 5.26. The quantitative estimate of drug-likeness (QED) is 0.766. The zero-order valence-corrected chi connectivity index (χ0v) is 16.4. The molecule has 2 heterocycles. The first-order valence-corrected chi connectivity index (χ1v) is 9.27. The molecule has 134 valence electrons. The minimum absolute atomic E-state index is 0.0606. The zero-order valence-electron chi connectivity index (χ0n) is 14.8. The molecule has 2 aromatic rings. The second-order valence-electron chi connectivity index (χ2n) is 6.89. The van der Waals surface area contributed by atoms with Crippen molar-refractivity contribution in [1.82, 2.24) is 5.32 Å². The lowest BCUT2D eigenvalue weighted by Crippen LogP contribution is -2.55. The highest BCUT2D eigenvalue weighted by Crippen LogP contribution is 2.48. The van der Waals surface area contributed by atoms with Crippen LogP contribution in [0.15, 0.2) is 52.5 Å². The van der Waals surface area contributed by atoms with Crippen molar-refractivity contribution in [3.05, 3.63) is 69.2 Å². The summed E-state index contributed by atoms with van der Waals surface area (Å²) >= 11 is 3.44. The summed E-state index contributed by atoms with van der Waals surface area (Å²) in [5.41, 5.74) is 2.82. The van der Waals surface area contributed by atoms with Gasteiger partial charge < -0.3 is 10.2 Å². The number of benzene rings is 2. The maximum absolute atomic E-state index is 13.2. The van der Waals surface area contributed by atoms with Crippen LogP contribution in [0.1, 0.15) is 23.1 Å². The second-order valence-corrected chi connectivity index (χ2v) is 7.81. The fraction of sp³-hybridized carbons (Fsp3) is 0.190.